The summed E-state index contributed by atoms with van der Waals surface area (Å²) in [6, 6.07) is 3.56. The minimum atomic E-state index is -1.05. The first-order valence-corrected chi connectivity index (χ1v) is 8.24. The highest BCUT2D eigenvalue weighted by Crippen LogP contribution is 2.35. The van der Waals surface area contributed by atoms with Gasteiger partial charge in [-0.3, -0.25) is 9.79 Å². The van der Waals surface area contributed by atoms with Gasteiger partial charge in [-0.1, -0.05) is 12.2 Å². The molecular formula is C19H20FN5O. The van der Waals surface area contributed by atoms with Crippen molar-refractivity contribution in [2.45, 2.75) is 26.4 Å². The van der Waals surface area contributed by atoms with Crippen LogP contribution in [0.5, 0.6) is 0 Å². The molecule has 26 heavy (non-hydrogen) atoms. The van der Waals surface area contributed by atoms with E-state index in [1.54, 1.807) is 18.5 Å². The number of aromatic nitrogens is 2. The Bertz CT molecular complexity index is 946. The number of allylic oxidation sites excluding steroid dienone is 2. The minimum Gasteiger partial charge on any atom is -0.383 e. The van der Waals surface area contributed by atoms with Crippen molar-refractivity contribution in [3.63, 3.8) is 0 Å². The van der Waals surface area contributed by atoms with Gasteiger partial charge in [-0.05, 0) is 37.8 Å². The summed E-state index contributed by atoms with van der Waals surface area (Å²) >= 11 is 0. The summed E-state index contributed by atoms with van der Waals surface area (Å²) in [5.41, 5.74) is 8.59. The van der Waals surface area contributed by atoms with Crippen LogP contribution in [0, 0.1) is 5.92 Å². The zero-order chi connectivity index (χ0) is 18.8. The van der Waals surface area contributed by atoms with Crippen LogP contribution in [0.2, 0.25) is 0 Å². The molecule has 0 aliphatic heterocycles. The zero-order valence-electron chi connectivity index (χ0n) is 14.7. The van der Waals surface area contributed by atoms with Gasteiger partial charge in [0, 0.05) is 29.6 Å². The van der Waals surface area contributed by atoms with Gasteiger partial charge in [0.1, 0.15) is 17.8 Å². The average Bonchev–Trinajstić information content (AvgIpc) is 3.31. The Kier molecular flexibility index (Phi) is 4.79. The van der Waals surface area contributed by atoms with E-state index in [2.05, 4.69) is 26.9 Å². The van der Waals surface area contributed by atoms with Crippen LogP contribution in [0.15, 0.2) is 41.7 Å². The molecule has 1 fully saturated rings. The van der Waals surface area contributed by atoms with Crippen molar-refractivity contribution >= 4 is 40.1 Å². The quantitative estimate of drug-likeness (QED) is 0.804. The third kappa shape index (κ3) is 3.61. The number of rotatable bonds is 5. The number of alkyl halides is 1. The fraction of sp³-hybridized carbons (Fsp3) is 0.263. The van der Waals surface area contributed by atoms with Gasteiger partial charge in [0.25, 0.3) is 0 Å². The average molecular weight is 353 g/mol. The van der Waals surface area contributed by atoms with E-state index < -0.39 is 12.1 Å². The predicted octanol–water partition coefficient (Wildman–Crippen LogP) is 3.52. The highest BCUT2D eigenvalue weighted by molar-refractivity contribution is 6.11. The lowest BCUT2D eigenvalue weighted by atomic mass is 10.1. The van der Waals surface area contributed by atoms with Crippen molar-refractivity contribution < 1.29 is 9.18 Å². The van der Waals surface area contributed by atoms with Crippen LogP contribution in [0.25, 0.3) is 16.3 Å². The van der Waals surface area contributed by atoms with Gasteiger partial charge >= 0.3 is 0 Å². The first-order valence-electron chi connectivity index (χ1n) is 8.24. The van der Waals surface area contributed by atoms with Crippen molar-refractivity contribution in [2.24, 2.45) is 10.9 Å². The fourth-order valence-electron chi connectivity index (χ4n) is 2.61. The Morgan fingerprint density at radius 2 is 2.19 bits per heavy atom. The Labute approximate surface area is 150 Å². The second-order valence-electron chi connectivity index (χ2n) is 6.41. The largest absolute Gasteiger partial charge is 0.383 e. The van der Waals surface area contributed by atoms with Crippen molar-refractivity contribution in [1.82, 2.24) is 9.97 Å². The van der Waals surface area contributed by atoms with E-state index in [1.807, 2.05) is 19.9 Å². The first kappa shape index (κ1) is 17.7. The molecule has 0 spiro atoms. The third-order valence-corrected chi connectivity index (χ3v) is 4.17. The van der Waals surface area contributed by atoms with Crippen molar-refractivity contribution in [1.29, 1.82) is 0 Å². The molecule has 3 N–H and O–H groups in total. The number of fused-ring (bicyclic) bond motifs is 1. The number of hydrogen-bond acceptors (Lipinski definition) is 5. The monoisotopic (exact) mass is 353 g/mol. The molecule has 6 nitrogen and oxygen atoms in total. The summed E-state index contributed by atoms with van der Waals surface area (Å²) in [7, 11) is 0. The third-order valence-electron chi connectivity index (χ3n) is 4.17. The van der Waals surface area contributed by atoms with Gasteiger partial charge < -0.3 is 11.1 Å². The molecule has 0 radical (unpaired) electrons. The smallest absolute Gasteiger partial charge is 0.231 e. The topological polar surface area (TPSA) is 93.3 Å². The molecule has 0 saturated heterocycles. The second kappa shape index (κ2) is 7.03. The minimum absolute atomic E-state index is 0.271. The number of nitrogen functional groups attached to an aromatic ring is 1. The van der Waals surface area contributed by atoms with Gasteiger partial charge in [-0.2, -0.15) is 0 Å². The number of carbonyl (C=O) groups excluding carboxylic acids is 1. The van der Waals surface area contributed by atoms with Crippen LogP contribution in [0.1, 0.15) is 26.0 Å². The Morgan fingerprint density at radius 3 is 2.81 bits per heavy atom. The summed E-state index contributed by atoms with van der Waals surface area (Å²) in [4.78, 5) is 24.6. The normalized spacial score (nSPS) is 18.7. The number of aliphatic imine (C=N–C) groups is 1. The van der Waals surface area contributed by atoms with Crippen LogP contribution in [-0.2, 0) is 4.79 Å². The maximum atomic E-state index is 13.0. The summed E-state index contributed by atoms with van der Waals surface area (Å²) in [6.45, 7) is 7.48. The van der Waals surface area contributed by atoms with Gasteiger partial charge in [-0.25, -0.2) is 14.4 Å². The molecule has 1 saturated carbocycles. The summed E-state index contributed by atoms with van der Waals surface area (Å²) in [6.07, 6.45) is 3.89. The van der Waals surface area contributed by atoms with Gasteiger partial charge in [0.05, 0.1) is 11.6 Å². The van der Waals surface area contributed by atoms with Crippen LogP contribution >= 0.6 is 0 Å². The molecule has 1 amide bonds. The lowest BCUT2D eigenvalue weighted by Crippen LogP contribution is -2.15. The van der Waals surface area contributed by atoms with Crippen LogP contribution in [0.4, 0.5) is 16.0 Å². The lowest BCUT2D eigenvalue weighted by molar-refractivity contribution is -0.117. The molecule has 1 aliphatic rings. The van der Waals surface area contributed by atoms with Gasteiger partial charge in [-0.15, -0.1) is 0 Å². The Balaban J connectivity index is 1.99. The van der Waals surface area contributed by atoms with E-state index in [9.17, 15) is 9.18 Å². The number of hydrogen-bond donors (Lipinski definition) is 2. The van der Waals surface area contributed by atoms with E-state index in [0.29, 0.717) is 22.7 Å². The summed E-state index contributed by atoms with van der Waals surface area (Å²) < 4.78 is 13.0. The molecule has 0 bridgehead atoms. The molecular weight excluding hydrogens is 333 g/mol. The van der Waals surface area contributed by atoms with E-state index in [0.717, 1.165) is 16.5 Å². The number of nitrogens with one attached hydrogen (secondary N) is 1. The molecule has 2 heterocycles. The zero-order valence-corrected chi connectivity index (χ0v) is 14.7. The van der Waals surface area contributed by atoms with E-state index in [-0.39, 0.29) is 12.3 Å². The molecule has 0 aromatic carbocycles. The molecule has 1 aliphatic carbocycles. The highest BCUT2D eigenvalue weighted by atomic mass is 19.1. The Hall–Kier alpha value is -3.09. The van der Waals surface area contributed by atoms with Crippen molar-refractivity contribution in [2.75, 3.05) is 11.1 Å². The summed E-state index contributed by atoms with van der Waals surface area (Å²) in [5.74, 6) is -0.232. The first-order chi connectivity index (χ1) is 12.4. The van der Waals surface area contributed by atoms with Crippen molar-refractivity contribution in [3.8, 4) is 0 Å². The summed E-state index contributed by atoms with van der Waals surface area (Å²) in [5, 5.41) is 4.10. The van der Waals surface area contributed by atoms with Crippen LogP contribution < -0.4 is 11.1 Å². The maximum Gasteiger partial charge on any atom is 0.231 e. The number of amides is 1. The molecule has 134 valence electrons. The number of anilines is 2. The second-order valence-corrected chi connectivity index (χ2v) is 6.41. The van der Waals surface area contributed by atoms with Crippen molar-refractivity contribution in [3.05, 3.63) is 42.4 Å². The van der Waals surface area contributed by atoms with E-state index in [1.165, 1.54) is 6.20 Å². The van der Waals surface area contributed by atoms with Crippen LogP contribution in [0.3, 0.4) is 0 Å². The Morgan fingerprint density at radius 1 is 1.46 bits per heavy atom. The SMILES string of the molecule is C=C/N=C\C(=C(C)C)c1cc2cc(NC(=O)[C@@H]3C[C@H]3F)ncc2c(N)n1. The standard InChI is InChI=1S/C19H20FN5O/c1-4-22-8-13(10(2)3)16-5-11-6-17(23-9-14(11)18(21)24-16)25-19(26)12-7-15(12)20/h4-6,8-9,12,15H,1,7H2,2-3H3,(H2,21,24)(H,23,25,26)/b22-8-/t12-,15-/m1/s1. The van der Waals surface area contributed by atoms with Gasteiger partial charge in [0.15, 0.2) is 0 Å². The van der Waals surface area contributed by atoms with E-state index >= 15 is 0 Å². The highest BCUT2D eigenvalue weighted by Gasteiger charge is 2.43. The number of halogens is 1. The number of carbonyl (C=O) groups is 1. The molecule has 3 rings (SSSR count). The molecule has 2 aromatic rings. The van der Waals surface area contributed by atoms with E-state index in [4.69, 9.17) is 5.73 Å². The molecule has 0 unspecified atom stereocenters. The molecule has 2 aromatic heterocycles. The molecule has 2 atom stereocenters. The lowest BCUT2D eigenvalue weighted by Gasteiger charge is -2.10. The fourth-order valence-corrected chi connectivity index (χ4v) is 2.61. The van der Waals surface area contributed by atoms with Crippen LogP contribution in [-0.4, -0.2) is 28.3 Å². The predicted molar refractivity (Wildman–Crippen MR) is 103 cm³/mol. The maximum absolute atomic E-state index is 13.0. The number of nitrogens with two attached hydrogens (primary N) is 1. The van der Waals surface area contributed by atoms with Gasteiger partial charge in [0.2, 0.25) is 5.91 Å². The number of pyridine rings is 2. The molecule has 7 heteroatoms. The number of nitrogens with zero attached hydrogens (tertiary/aromatic N) is 3.